The van der Waals surface area contributed by atoms with Crippen LogP contribution < -0.4 is 19.5 Å². The lowest BCUT2D eigenvalue weighted by Gasteiger charge is -2.12. The Morgan fingerprint density at radius 1 is 1.00 bits per heavy atom. The smallest absolute Gasteiger partial charge is 0.339 e. The molecule has 8 heteroatoms. The van der Waals surface area contributed by atoms with Gasteiger partial charge in [-0.2, -0.15) is 0 Å². The van der Waals surface area contributed by atoms with Crippen molar-refractivity contribution in [1.29, 1.82) is 0 Å². The minimum Gasteiger partial charge on any atom is -0.496 e. The Kier molecular flexibility index (Phi) is 6.90. The molecule has 0 heterocycles. The van der Waals surface area contributed by atoms with Crippen LogP contribution in [0.4, 0.5) is 5.69 Å². The molecule has 2 N–H and O–H groups in total. The van der Waals surface area contributed by atoms with E-state index in [9.17, 15) is 9.59 Å². The number of hydrogen-bond acceptors (Lipinski definition) is 5. The molecule has 0 fully saturated rings. The lowest BCUT2D eigenvalue weighted by atomic mass is 10.1. The van der Waals surface area contributed by atoms with E-state index in [0.717, 1.165) is 5.56 Å². The second kappa shape index (κ2) is 9.14. The summed E-state index contributed by atoms with van der Waals surface area (Å²) in [6.07, 6.45) is 0.683. The number of aryl methyl sites for hydroxylation is 1. The number of amides is 1. The van der Waals surface area contributed by atoms with Gasteiger partial charge in [-0.1, -0.05) is 17.7 Å². The quantitative estimate of drug-likeness (QED) is 0.711. The van der Waals surface area contributed by atoms with Crippen molar-refractivity contribution in [2.75, 3.05) is 26.6 Å². The van der Waals surface area contributed by atoms with Crippen LogP contribution in [0, 0.1) is 0 Å². The van der Waals surface area contributed by atoms with Gasteiger partial charge < -0.3 is 24.6 Å². The molecule has 7 nitrogen and oxygen atoms in total. The van der Waals surface area contributed by atoms with Crippen LogP contribution in [0.1, 0.15) is 22.3 Å². The molecular weight excluding hydrogens is 374 g/mol. The zero-order chi connectivity index (χ0) is 20.0. The van der Waals surface area contributed by atoms with Gasteiger partial charge >= 0.3 is 5.97 Å². The van der Waals surface area contributed by atoms with E-state index in [4.69, 9.17) is 30.9 Å². The number of carbonyl (C=O) groups is 2. The maximum absolute atomic E-state index is 12.3. The summed E-state index contributed by atoms with van der Waals surface area (Å²) in [5.41, 5.74) is 1.12. The van der Waals surface area contributed by atoms with E-state index >= 15 is 0 Å². The minimum absolute atomic E-state index is 0.0779. The molecule has 2 aromatic rings. The Morgan fingerprint density at radius 3 is 2.26 bits per heavy atom. The Morgan fingerprint density at radius 2 is 1.67 bits per heavy atom. The zero-order valence-electron chi connectivity index (χ0n) is 15.2. The normalized spacial score (nSPS) is 10.2. The van der Waals surface area contributed by atoms with E-state index in [1.54, 1.807) is 20.3 Å². The minimum atomic E-state index is -1.17. The summed E-state index contributed by atoms with van der Waals surface area (Å²) in [6, 6.07) is 8.07. The standard InChI is InChI=1S/C19H20ClNO6/c1-25-15-6-4-11(8-17(15)27-3)5-7-18(22)21-14-10-16(26-2)12(19(23)24)9-13(14)20/h4,6,8-10H,5,7H2,1-3H3,(H,21,22)(H,23,24). The van der Waals surface area contributed by atoms with Crippen molar-refractivity contribution in [2.24, 2.45) is 0 Å². The Hall–Kier alpha value is -2.93. The van der Waals surface area contributed by atoms with Gasteiger partial charge in [0.2, 0.25) is 5.91 Å². The third kappa shape index (κ3) is 5.04. The van der Waals surface area contributed by atoms with Gasteiger partial charge in [-0.15, -0.1) is 0 Å². The fraction of sp³-hybridized carbons (Fsp3) is 0.263. The molecule has 0 spiro atoms. The monoisotopic (exact) mass is 393 g/mol. The number of carboxylic acid groups (broad SMARTS) is 1. The topological polar surface area (TPSA) is 94.1 Å². The number of hydrogen-bond donors (Lipinski definition) is 2. The van der Waals surface area contributed by atoms with Gasteiger partial charge in [-0.25, -0.2) is 4.79 Å². The van der Waals surface area contributed by atoms with Gasteiger partial charge in [-0.05, 0) is 30.2 Å². The number of carbonyl (C=O) groups excluding carboxylic acids is 1. The molecule has 27 heavy (non-hydrogen) atoms. The van der Waals surface area contributed by atoms with Gasteiger partial charge in [0.05, 0.1) is 32.0 Å². The summed E-state index contributed by atoms with van der Waals surface area (Å²) in [6.45, 7) is 0. The summed E-state index contributed by atoms with van der Waals surface area (Å²) in [5.74, 6) is -0.116. The molecule has 1 amide bonds. The summed E-state index contributed by atoms with van der Waals surface area (Å²) < 4.78 is 15.5. The van der Waals surface area contributed by atoms with Crippen LogP contribution in [0.2, 0.25) is 5.02 Å². The van der Waals surface area contributed by atoms with Crippen molar-refractivity contribution in [3.8, 4) is 17.2 Å². The van der Waals surface area contributed by atoms with Crippen LogP contribution in [-0.4, -0.2) is 38.3 Å². The number of carboxylic acids is 1. The van der Waals surface area contributed by atoms with Crippen LogP contribution in [0.25, 0.3) is 0 Å². The molecule has 0 saturated heterocycles. The first-order chi connectivity index (χ1) is 12.9. The van der Waals surface area contributed by atoms with Crippen molar-refractivity contribution in [3.63, 3.8) is 0 Å². The molecule has 0 aliphatic heterocycles. The maximum atomic E-state index is 12.3. The third-order valence-corrected chi connectivity index (χ3v) is 4.20. The first-order valence-electron chi connectivity index (χ1n) is 8.01. The van der Waals surface area contributed by atoms with Gasteiger partial charge in [0, 0.05) is 12.5 Å². The highest BCUT2D eigenvalue weighted by Crippen LogP contribution is 2.31. The molecule has 0 atom stereocenters. The summed E-state index contributed by atoms with van der Waals surface area (Å²) in [5, 5.41) is 11.9. The Bertz CT molecular complexity index is 852. The van der Waals surface area contributed by atoms with Crippen molar-refractivity contribution >= 4 is 29.2 Å². The van der Waals surface area contributed by atoms with Crippen LogP contribution in [0.3, 0.4) is 0 Å². The molecule has 0 aliphatic rings. The lowest BCUT2D eigenvalue weighted by Crippen LogP contribution is -2.13. The van der Waals surface area contributed by atoms with Crippen molar-refractivity contribution in [3.05, 3.63) is 46.5 Å². The van der Waals surface area contributed by atoms with Gasteiger partial charge in [0.15, 0.2) is 11.5 Å². The zero-order valence-corrected chi connectivity index (χ0v) is 15.9. The van der Waals surface area contributed by atoms with Crippen LogP contribution in [-0.2, 0) is 11.2 Å². The van der Waals surface area contributed by atoms with E-state index in [2.05, 4.69) is 5.32 Å². The van der Waals surface area contributed by atoms with Gasteiger partial charge in [0.25, 0.3) is 0 Å². The number of anilines is 1. The summed E-state index contributed by atoms with van der Waals surface area (Å²) in [4.78, 5) is 23.4. The maximum Gasteiger partial charge on any atom is 0.339 e. The number of ether oxygens (including phenoxy) is 3. The predicted molar refractivity (Wildman–Crippen MR) is 101 cm³/mol. The molecule has 2 rings (SSSR count). The molecule has 0 saturated carbocycles. The highest BCUT2D eigenvalue weighted by atomic mass is 35.5. The SMILES string of the molecule is COc1ccc(CCC(=O)Nc2cc(OC)c(C(=O)O)cc2Cl)cc1OC. The van der Waals surface area contributed by atoms with Crippen LogP contribution >= 0.6 is 11.6 Å². The Labute approximate surface area is 161 Å². The fourth-order valence-electron chi connectivity index (χ4n) is 2.49. The number of rotatable bonds is 8. The summed E-state index contributed by atoms with van der Waals surface area (Å²) >= 11 is 6.07. The second-order valence-corrected chi connectivity index (χ2v) is 5.98. The molecule has 0 bridgehead atoms. The van der Waals surface area contributed by atoms with E-state index in [-0.39, 0.29) is 34.4 Å². The highest BCUT2D eigenvalue weighted by Gasteiger charge is 2.16. The molecular formula is C19H20ClNO6. The number of nitrogens with one attached hydrogen (secondary N) is 1. The largest absolute Gasteiger partial charge is 0.496 e. The predicted octanol–water partition coefficient (Wildman–Crippen LogP) is 3.64. The number of methoxy groups -OCH3 is 3. The molecule has 0 aliphatic carbocycles. The van der Waals surface area contributed by atoms with Gasteiger partial charge in [-0.3, -0.25) is 4.79 Å². The Balaban J connectivity index is 2.07. The molecule has 2 aromatic carbocycles. The van der Waals surface area contributed by atoms with Crippen molar-refractivity contribution < 1.29 is 28.9 Å². The molecule has 144 valence electrons. The van der Waals surface area contributed by atoms with E-state index in [1.165, 1.54) is 19.2 Å². The number of benzene rings is 2. The molecule has 0 radical (unpaired) electrons. The molecule has 0 unspecified atom stereocenters. The van der Waals surface area contributed by atoms with Gasteiger partial charge in [0.1, 0.15) is 11.3 Å². The van der Waals surface area contributed by atoms with Crippen LogP contribution in [0.15, 0.2) is 30.3 Å². The average Bonchev–Trinajstić information content (AvgIpc) is 2.67. The van der Waals surface area contributed by atoms with Crippen molar-refractivity contribution in [2.45, 2.75) is 12.8 Å². The second-order valence-electron chi connectivity index (χ2n) is 5.58. The summed E-state index contributed by atoms with van der Waals surface area (Å²) in [7, 11) is 4.45. The first-order valence-corrected chi connectivity index (χ1v) is 8.39. The van der Waals surface area contributed by atoms with Crippen molar-refractivity contribution in [1.82, 2.24) is 0 Å². The molecule has 0 aromatic heterocycles. The highest BCUT2D eigenvalue weighted by molar-refractivity contribution is 6.34. The van der Waals surface area contributed by atoms with E-state index in [1.807, 2.05) is 12.1 Å². The van der Waals surface area contributed by atoms with E-state index < -0.39 is 5.97 Å². The third-order valence-electron chi connectivity index (χ3n) is 3.88. The first kappa shape index (κ1) is 20.4. The fourth-order valence-corrected chi connectivity index (χ4v) is 2.70. The average molecular weight is 394 g/mol. The lowest BCUT2D eigenvalue weighted by molar-refractivity contribution is -0.116. The number of aromatic carboxylic acids is 1. The van der Waals surface area contributed by atoms with Crippen LogP contribution in [0.5, 0.6) is 17.2 Å². The number of halogens is 1. The van der Waals surface area contributed by atoms with E-state index in [0.29, 0.717) is 17.9 Å².